The minimum absolute atomic E-state index is 0.107. The summed E-state index contributed by atoms with van der Waals surface area (Å²) in [7, 11) is 0. The number of carbonyl (C=O) groups is 1. The van der Waals surface area contributed by atoms with Crippen LogP contribution in [-0.2, 0) is 0 Å². The van der Waals surface area contributed by atoms with Crippen molar-refractivity contribution in [2.45, 2.75) is 20.3 Å². The largest absolute Gasteiger partial charge is 0.360 e. The Morgan fingerprint density at radius 1 is 1.35 bits per heavy atom. The number of halogens is 2. The monoisotopic (exact) mass is 269 g/mol. The lowest BCUT2D eigenvalue weighted by Crippen LogP contribution is -2.02. The number of aromatic nitrogens is 1. The molecule has 0 aliphatic heterocycles. The van der Waals surface area contributed by atoms with Crippen LogP contribution in [0.5, 0.6) is 0 Å². The molecule has 2 nitrogen and oxygen atoms in total. The fourth-order valence-corrected chi connectivity index (χ4v) is 2.48. The normalized spacial score (nSPS) is 11.4. The van der Waals surface area contributed by atoms with Crippen molar-refractivity contribution >= 4 is 39.9 Å². The molecule has 0 unspecified atom stereocenters. The van der Waals surface area contributed by atoms with Gasteiger partial charge in [-0.15, -0.1) is 0 Å². The van der Waals surface area contributed by atoms with Crippen LogP contribution < -0.4 is 0 Å². The number of H-pyrrole nitrogens is 1. The molecule has 2 rings (SSSR count). The number of benzene rings is 1. The summed E-state index contributed by atoms with van der Waals surface area (Å²) in [6.45, 7) is 4.04. The summed E-state index contributed by atoms with van der Waals surface area (Å²) in [5.41, 5.74) is 1.45. The molecule has 1 heterocycles. The smallest absolute Gasteiger partial charge is 0.165 e. The predicted octanol–water partition coefficient (Wildman–Crippen LogP) is 4.70. The first kappa shape index (κ1) is 12.5. The van der Waals surface area contributed by atoms with Gasteiger partial charge in [0.05, 0.1) is 5.02 Å². The molecule has 0 radical (unpaired) electrons. The number of rotatable bonds is 3. The van der Waals surface area contributed by atoms with Crippen LogP contribution >= 0.6 is 23.2 Å². The van der Waals surface area contributed by atoms with E-state index in [-0.39, 0.29) is 5.78 Å². The molecule has 0 bridgehead atoms. The van der Waals surface area contributed by atoms with Gasteiger partial charge < -0.3 is 4.98 Å². The van der Waals surface area contributed by atoms with Crippen molar-refractivity contribution in [2.24, 2.45) is 5.92 Å². The Kier molecular flexibility index (Phi) is 3.45. The molecular weight excluding hydrogens is 257 g/mol. The van der Waals surface area contributed by atoms with E-state index in [4.69, 9.17) is 23.2 Å². The molecule has 4 heteroatoms. The van der Waals surface area contributed by atoms with Crippen LogP contribution in [0.2, 0.25) is 10.0 Å². The summed E-state index contributed by atoms with van der Waals surface area (Å²) >= 11 is 12.0. The summed E-state index contributed by atoms with van der Waals surface area (Å²) in [5, 5.41) is 1.84. The molecule has 0 amide bonds. The Morgan fingerprint density at radius 3 is 2.71 bits per heavy atom. The molecule has 0 aliphatic carbocycles. The zero-order valence-corrected chi connectivity index (χ0v) is 11.2. The number of hydrogen-bond donors (Lipinski definition) is 1. The van der Waals surface area contributed by atoms with Crippen molar-refractivity contribution in [3.05, 3.63) is 33.9 Å². The second kappa shape index (κ2) is 4.71. The van der Waals surface area contributed by atoms with Crippen molar-refractivity contribution in [2.75, 3.05) is 0 Å². The Labute approximate surface area is 110 Å². The average molecular weight is 270 g/mol. The number of ketones is 1. The molecule has 17 heavy (non-hydrogen) atoms. The van der Waals surface area contributed by atoms with Crippen LogP contribution in [0.3, 0.4) is 0 Å². The van der Waals surface area contributed by atoms with Crippen molar-refractivity contribution in [1.29, 1.82) is 0 Å². The molecule has 90 valence electrons. The van der Waals surface area contributed by atoms with Crippen molar-refractivity contribution in [3.8, 4) is 0 Å². The highest BCUT2D eigenvalue weighted by atomic mass is 35.5. The summed E-state index contributed by atoms with van der Waals surface area (Å²) in [6, 6.07) is 3.43. The van der Waals surface area contributed by atoms with Crippen molar-refractivity contribution in [3.63, 3.8) is 0 Å². The lowest BCUT2D eigenvalue weighted by molar-refractivity contribution is 0.0969. The first-order valence-corrected chi connectivity index (χ1v) is 6.24. The minimum atomic E-state index is 0.107. The Balaban J connectivity index is 2.53. The molecule has 0 fully saturated rings. The molecule has 0 aliphatic rings. The van der Waals surface area contributed by atoms with Gasteiger partial charge in [0.2, 0.25) is 0 Å². The lowest BCUT2D eigenvalue weighted by atomic mass is 10.0. The zero-order valence-electron chi connectivity index (χ0n) is 9.68. The fourth-order valence-electron chi connectivity index (χ4n) is 1.88. The molecular formula is C13H13Cl2NO. The molecule has 1 aromatic heterocycles. The quantitative estimate of drug-likeness (QED) is 0.805. The fraction of sp³-hybridized carbons (Fsp3) is 0.308. The van der Waals surface area contributed by atoms with Crippen LogP contribution in [0.1, 0.15) is 30.6 Å². The molecule has 0 atom stereocenters. The zero-order chi connectivity index (χ0) is 12.6. The van der Waals surface area contributed by atoms with Gasteiger partial charge in [0.15, 0.2) is 5.78 Å². The summed E-state index contributed by atoms with van der Waals surface area (Å²) in [5.74, 6) is 0.439. The topological polar surface area (TPSA) is 32.9 Å². The molecule has 1 aromatic carbocycles. The van der Waals surface area contributed by atoms with Gasteiger partial charge in [-0.1, -0.05) is 37.0 Å². The van der Waals surface area contributed by atoms with Gasteiger partial charge in [0, 0.05) is 34.1 Å². The number of hydrogen-bond acceptors (Lipinski definition) is 1. The number of nitrogens with one attached hydrogen (secondary N) is 1. The van der Waals surface area contributed by atoms with Crippen LogP contribution in [0, 0.1) is 5.92 Å². The van der Waals surface area contributed by atoms with E-state index in [1.54, 1.807) is 18.3 Å². The van der Waals surface area contributed by atoms with Crippen LogP contribution in [-0.4, -0.2) is 10.8 Å². The van der Waals surface area contributed by atoms with E-state index in [0.29, 0.717) is 27.9 Å². The van der Waals surface area contributed by atoms with Gasteiger partial charge in [-0.3, -0.25) is 4.79 Å². The maximum atomic E-state index is 12.1. The molecule has 0 saturated heterocycles. The molecule has 2 aromatic rings. The highest BCUT2D eigenvalue weighted by Gasteiger charge is 2.16. The molecule has 0 saturated carbocycles. The van der Waals surface area contributed by atoms with E-state index in [1.807, 2.05) is 13.8 Å². The van der Waals surface area contributed by atoms with Crippen molar-refractivity contribution < 1.29 is 4.79 Å². The highest BCUT2D eigenvalue weighted by molar-refractivity contribution is 6.39. The predicted molar refractivity (Wildman–Crippen MR) is 72.1 cm³/mol. The minimum Gasteiger partial charge on any atom is -0.360 e. The number of aromatic amines is 1. The van der Waals surface area contributed by atoms with Crippen molar-refractivity contribution in [1.82, 2.24) is 4.98 Å². The van der Waals surface area contributed by atoms with Gasteiger partial charge in [-0.2, -0.15) is 0 Å². The second-order valence-corrected chi connectivity index (χ2v) is 5.38. The standard InChI is InChI=1S/C13H13Cl2NO/c1-7(2)3-12(17)9-6-16-11-5-8(14)4-10(15)13(9)11/h4-7,16H,3H2,1-2H3. The number of carbonyl (C=O) groups excluding carboxylic acids is 1. The first-order valence-electron chi connectivity index (χ1n) is 5.48. The van der Waals surface area contributed by atoms with Gasteiger partial charge in [-0.05, 0) is 18.1 Å². The second-order valence-electron chi connectivity index (χ2n) is 4.53. The van der Waals surface area contributed by atoms with Gasteiger partial charge >= 0.3 is 0 Å². The third-order valence-corrected chi connectivity index (χ3v) is 3.11. The first-order chi connectivity index (χ1) is 7.99. The maximum absolute atomic E-state index is 12.1. The summed E-state index contributed by atoms with van der Waals surface area (Å²) < 4.78 is 0. The van der Waals surface area contributed by atoms with E-state index in [9.17, 15) is 4.79 Å². The SMILES string of the molecule is CC(C)CC(=O)c1c[nH]c2cc(Cl)cc(Cl)c12. The summed E-state index contributed by atoms with van der Waals surface area (Å²) in [4.78, 5) is 15.1. The molecule has 0 spiro atoms. The maximum Gasteiger partial charge on any atom is 0.165 e. The van der Waals surface area contributed by atoms with Crippen LogP contribution in [0.25, 0.3) is 10.9 Å². The van der Waals surface area contributed by atoms with Crippen LogP contribution in [0.15, 0.2) is 18.3 Å². The molecule has 1 N–H and O–H groups in total. The lowest BCUT2D eigenvalue weighted by Gasteiger charge is -2.03. The number of fused-ring (bicyclic) bond motifs is 1. The Bertz CT molecular complexity index is 572. The van der Waals surface area contributed by atoms with E-state index in [2.05, 4.69) is 4.98 Å². The van der Waals surface area contributed by atoms with Crippen LogP contribution in [0.4, 0.5) is 0 Å². The van der Waals surface area contributed by atoms with E-state index < -0.39 is 0 Å². The van der Waals surface area contributed by atoms with E-state index in [1.165, 1.54) is 0 Å². The number of Topliss-reactive ketones (excluding diaryl/α,β-unsaturated/α-hetero) is 1. The van der Waals surface area contributed by atoms with E-state index in [0.717, 1.165) is 10.9 Å². The van der Waals surface area contributed by atoms with E-state index >= 15 is 0 Å². The summed E-state index contributed by atoms with van der Waals surface area (Å²) in [6.07, 6.45) is 2.23. The van der Waals surface area contributed by atoms with Gasteiger partial charge in [0.25, 0.3) is 0 Å². The Hall–Kier alpha value is -0.990. The van der Waals surface area contributed by atoms with Gasteiger partial charge in [-0.25, -0.2) is 0 Å². The van der Waals surface area contributed by atoms with Gasteiger partial charge in [0.1, 0.15) is 0 Å². The Morgan fingerprint density at radius 2 is 2.06 bits per heavy atom. The third kappa shape index (κ3) is 2.48. The third-order valence-electron chi connectivity index (χ3n) is 2.59. The average Bonchev–Trinajstić information content (AvgIpc) is 2.59. The highest BCUT2D eigenvalue weighted by Crippen LogP contribution is 2.31.